The number of hydrogen-bond donors (Lipinski definition) is 0. The molecule has 1 fully saturated rings. The van der Waals surface area contributed by atoms with Crippen LogP contribution in [-0.2, 0) is 19.8 Å². The van der Waals surface area contributed by atoms with Gasteiger partial charge < -0.3 is 4.79 Å². The first kappa shape index (κ1) is 18.5. The summed E-state index contributed by atoms with van der Waals surface area (Å²) >= 11 is 6.21. The SMILES string of the molecule is Cc1ccc(Cl)cc1N1C(=O)[C@@H]2C3c4ccccc4C(C=O)(c4ccccc43)[C@@H]2C1=O. The molecule has 0 unspecified atom stereocenters. The van der Waals surface area contributed by atoms with Crippen molar-refractivity contribution < 1.29 is 14.4 Å². The van der Waals surface area contributed by atoms with Crippen molar-refractivity contribution in [3.63, 3.8) is 0 Å². The predicted molar refractivity (Wildman–Crippen MR) is 117 cm³/mol. The van der Waals surface area contributed by atoms with Crippen LogP contribution in [0.25, 0.3) is 0 Å². The van der Waals surface area contributed by atoms with E-state index >= 15 is 0 Å². The van der Waals surface area contributed by atoms with Crippen LogP contribution in [0, 0.1) is 18.8 Å². The third-order valence-electron chi connectivity index (χ3n) is 7.28. The summed E-state index contributed by atoms with van der Waals surface area (Å²) in [6, 6.07) is 20.6. The van der Waals surface area contributed by atoms with Crippen molar-refractivity contribution in [2.24, 2.45) is 11.8 Å². The van der Waals surface area contributed by atoms with Crippen LogP contribution < -0.4 is 4.90 Å². The highest BCUT2D eigenvalue weighted by Gasteiger charge is 2.68. The van der Waals surface area contributed by atoms with E-state index in [4.69, 9.17) is 11.6 Å². The molecule has 2 bridgehead atoms. The predicted octanol–water partition coefficient (Wildman–Crippen LogP) is 4.40. The van der Waals surface area contributed by atoms with Crippen molar-refractivity contribution in [3.8, 4) is 0 Å². The third-order valence-corrected chi connectivity index (χ3v) is 7.52. The van der Waals surface area contributed by atoms with Crippen molar-refractivity contribution in [1.29, 1.82) is 0 Å². The number of carbonyl (C=O) groups is 3. The Morgan fingerprint density at radius 1 is 0.903 bits per heavy atom. The number of nitrogens with zero attached hydrogens (tertiary/aromatic N) is 1. The number of carbonyl (C=O) groups excluding carboxylic acids is 3. The molecule has 5 heteroatoms. The number of rotatable bonds is 2. The molecule has 2 atom stereocenters. The molecule has 31 heavy (non-hydrogen) atoms. The molecule has 3 aromatic carbocycles. The highest BCUT2D eigenvalue weighted by atomic mass is 35.5. The fourth-order valence-electron chi connectivity index (χ4n) is 6.09. The van der Waals surface area contributed by atoms with Gasteiger partial charge in [-0.05, 0) is 46.9 Å². The summed E-state index contributed by atoms with van der Waals surface area (Å²) in [5.41, 5.74) is 3.68. The zero-order valence-corrected chi connectivity index (χ0v) is 17.5. The van der Waals surface area contributed by atoms with Crippen LogP contribution in [0.2, 0.25) is 5.02 Å². The van der Waals surface area contributed by atoms with Gasteiger partial charge in [-0.1, -0.05) is 66.2 Å². The molecule has 0 N–H and O–H groups in total. The standard InChI is InChI=1S/C26H18ClNO3/c1-14-10-11-15(27)12-20(14)28-24(30)22-21-16-6-2-4-8-18(16)26(13-29,23(22)25(28)31)19-9-5-3-7-17(19)21/h2-13,21-23H,1H3/t21?,22-,23+,26?/m1/s1. The largest absolute Gasteiger partial charge is 0.302 e. The van der Waals surface area contributed by atoms with Crippen molar-refractivity contribution in [1.82, 2.24) is 0 Å². The lowest BCUT2D eigenvalue weighted by molar-refractivity contribution is -0.128. The number of halogens is 1. The smallest absolute Gasteiger partial charge is 0.239 e. The maximum atomic E-state index is 13.9. The van der Waals surface area contributed by atoms with E-state index in [2.05, 4.69) is 0 Å². The van der Waals surface area contributed by atoms with Crippen LogP contribution in [0.15, 0.2) is 66.7 Å². The zero-order chi connectivity index (χ0) is 21.5. The average molecular weight is 428 g/mol. The summed E-state index contributed by atoms with van der Waals surface area (Å²) in [5, 5.41) is 0.454. The number of aldehydes is 1. The Balaban J connectivity index is 1.66. The van der Waals surface area contributed by atoms with Crippen molar-refractivity contribution in [2.45, 2.75) is 18.3 Å². The Bertz CT molecular complexity index is 1270. The quantitative estimate of drug-likeness (QED) is 0.450. The minimum Gasteiger partial charge on any atom is -0.302 e. The molecular formula is C26H18ClNO3. The maximum absolute atomic E-state index is 13.9. The lowest BCUT2D eigenvalue weighted by Gasteiger charge is -2.51. The Morgan fingerprint density at radius 3 is 2.13 bits per heavy atom. The number of amides is 2. The summed E-state index contributed by atoms with van der Waals surface area (Å²) in [7, 11) is 0. The van der Waals surface area contributed by atoms with E-state index in [-0.39, 0.29) is 17.7 Å². The van der Waals surface area contributed by atoms with E-state index in [1.165, 1.54) is 4.90 Å². The van der Waals surface area contributed by atoms with E-state index in [0.29, 0.717) is 10.7 Å². The monoisotopic (exact) mass is 427 g/mol. The molecule has 3 aliphatic carbocycles. The normalized spacial score (nSPS) is 27.7. The molecule has 4 nitrogen and oxygen atoms in total. The number of imide groups is 1. The Kier molecular flexibility index (Phi) is 3.67. The summed E-state index contributed by atoms with van der Waals surface area (Å²) in [6.45, 7) is 1.85. The molecule has 0 radical (unpaired) electrons. The van der Waals surface area contributed by atoms with Gasteiger partial charge in [0.05, 0.1) is 22.9 Å². The average Bonchev–Trinajstić information content (AvgIpc) is 3.06. The Morgan fingerprint density at radius 2 is 1.52 bits per heavy atom. The van der Waals surface area contributed by atoms with E-state index in [0.717, 1.165) is 34.1 Å². The minimum atomic E-state index is -1.18. The van der Waals surface area contributed by atoms with E-state index in [9.17, 15) is 14.4 Å². The maximum Gasteiger partial charge on any atom is 0.239 e. The Hall–Kier alpha value is -3.24. The minimum absolute atomic E-state index is 0.263. The van der Waals surface area contributed by atoms with Crippen LogP contribution in [-0.4, -0.2) is 18.1 Å². The van der Waals surface area contributed by atoms with Gasteiger partial charge in [-0.2, -0.15) is 0 Å². The van der Waals surface area contributed by atoms with Crippen molar-refractivity contribution in [3.05, 3.63) is 99.6 Å². The molecule has 0 saturated carbocycles. The molecule has 7 rings (SSSR count). The van der Waals surface area contributed by atoms with Crippen LogP contribution in [0.4, 0.5) is 5.69 Å². The van der Waals surface area contributed by atoms with Crippen LogP contribution in [0.3, 0.4) is 0 Å². The Labute approximate surface area is 184 Å². The number of aryl methyl sites for hydroxylation is 1. The van der Waals surface area contributed by atoms with Crippen molar-refractivity contribution >= 4 is 35.4 Å². The van der Waals surface area contributed by atoms with Gasteiger partial charge in [-0.3, -0.25) is 9.59 Å². The first-order valence-electron chi connectivity index (χ1n) is 10.3. The lowest BCUT2D eigenvalue weighted by atomic mass is 9.48. The zero-order valence-electron chi connectivity index (χ0n) is 16.7. The molecule has 1 heterocycles. The second-order valence-electron chi connectivity index (χ2n) is 8.59. The molecule has 3 aromatic rings. The molecule has 0 spiro atoms. The molecule has 0 aromatic heterocycles. The van der Waals surface area contributed by atoms with Gasteiger partial charge in [-0.15, -0.1) is 0 Å². The molecule has 152 valence electrons. The summed E-state index contributed by atoms with van der Waals surface area (Å²) in [6.07, 6.45) is 0.886. The number of benzene rings is 3. The van der Waals surface area contributed by atoms with E-state index in [1.807, 2.05) is 55.5 Å². The fourth-order valence-corrected chi connectivity index (χ4v) is 6.26. The molecule has 4 aliphatic rings. The first-order chi connectivity index (χ1) is 15.0. The highest BCUT2D eigenvalue weighted by Crippen LogP contribution is 2.63. The van der Waals surface area contributed by atoms with Crippen LogP contribution in [0.5, 0.6) is 0 Å². The van der Waals surface area contributed by atoms with Gasteiger partial charge in [0, 0.05) is 10.9 Å². The van der Waals surface area contributed by atoms with E-state index < -0.39 is 17.3 Å². The second kappa shape index (κ2) is 6.14. The van der Waals surface area contributed by atoms with Gasteiger partial charge in [0.15, 0.2) is 0 Å². The van der Waals surface area contributed by atoms with Crippen LogP contribution >= 0.6 is 11.6 Å². The van der Waals surface area contributed by atoms with Gasteiger partial charge in [0.25, 0.3) is 0 Å². The van der Waals surface area contributed by atoms with Crippen LogP contribution in [0.1, 0.15) is 33.7 Å². The highest BCUT2D eigenvalue weighted by molar-refractivity contribution is 6.31. The fraction of sp³-hybridized carbons (Fsp3) is 0.192. The molecule has 1 saturated heterocycles. The summed E-state index contributed by atoms with van der Waals surface area (Å²) < 4.78 is 0. The van der Waals surface area contributed by atoms with Gasteiger partial charge in [0.1, 0.15) is 6.29 Å². The van der Waals surface area contributed by atoms with Gasteiger partial charge >= 0.3 is 0 Å². The summed E-state index contributed by atoms with van der Waals surface area (Å²) in [4.78, 5) is 41.9. The molecule has 2 amide bonds. The third kappa shape index (κ3) is 2.08. The lowest BCUT2D eigenvalue weighted by Crippen LogP contribution is -2.54. The summed E-state index contributed by atoms with van der Waals surface area (Å²) in [5.74, 6) is -2.26. The first-order valence-corrected chi connectivity index (χ1v) is 10.7. The topological polar surface area (TPSA) is 54.5 Å². The van der Waals surface area contributed by atoms with Gasteiger partial charge in [-0.25, -0.2) is 4.90 Å². The second-order valence-corrected chi connectivity index (χ2v) is 9.02. The number of anilines is 1. The molecule has 1 aliphatic heterocycles. The van der Waals surface area contributed by atoms with Crippen molar-refractivity contribution in [2.75, 3.05) is 4.90 Å². The molecular weight excluding hydrogens is 410 g/mol. The van der Waals surface area contributed by atoms with E-state index in [1.54, 1.807) is 18.2 Å². The number of hydrogen-bond acceptors (Lipinski definition) is 3. The van der Waals surface area contributed by atoms with Gasteiger partial charge in [0.2, 0.25) is 11.8 Å².